The van der Waals surface area contributed by atoms with Crippen molar-refractivity contribution in [3.8, 4) is 0 Å². The quantitative estimate of drug-likeness (QED) is 0.890. The second-order valence-electron chi connectivity index (χ2n) is 5.09. The van der Waals surface area contributed by atoms with E-state index in [1.54, 1.807) is 12.1 Å². The van der Waals surface area contributed by atoms with Crippen LogP contribution in [-0.2, 0) is 23.1 Å². The minimum Gasteiger partial charge on any atom is -0.326 e. The second-order valence-corrected chi connectivity index (χ2v) is 6.86. The molecule has 112 valence electrons. The molecule has 5 heteroatoms. The summed E-state index contributed by atoms with van der Waals surface area (Å²) in [7, 11) is -3.49. The molecule has 21 heavy (non-hydrogen) atoms. The van der Waals surface area contributed by atoms with Crippen LogP contribution in [0.1, 0.15) is 22.3 Å². The summed E-state index contributed by atoms with van der Waals surface area (Å²) in [5.41, 5.74) is 9.50. The topological polar surface area (TPSA) is 72.2 Å². The molecule has 0 spiro atoms. The average Bonchev–Trinajstić information content (AvgIpc) is 2.48. The molecule has 0 aliphatic carbocycles. The van der Waals surface area contributed by atoms with E-state index in [-0.39, 0.29) is 6.54 Å². The third-order valence-electron chi connectivity index (χ3n) is 3.51. The Morgan fingerprint density at radius 2 is 1.57 bits per heavy atom. The summed E-state index contributed by atoms with van der Waals surface area (Å²) in [5, 5.41) is 0. The first kappa shape index (κ1) is 15.7. The van der Waals surface area contributed by atoms with Gasteiger partial charge in [0.05, 0.1) is 4.90 Å². The van der Waals surface area contributed by atoms with Gasteiger partial charge in [-0.25, -0.2) is 13.1 Å². The van der Waals surface area contributed by atoms with Gasteiger partial charge in [0.15, 0.2) is 0 Å². The van der Waals surface area contributed by atoms with Crippen LogP contribution < -0.4 is 10.5 Å². The third-order valence-corrected chi connectivity index (χ3v) is 4.91. The lowest BCUT2D eigenvalue weighted by molar-refractivity contribution is 0.581. The first-order valence-corrected chi connectivity index (χ1v) is 8.25. The van der Waals surface area contributed by atoms with Crippen LogP contribution in [0.2, 0.25) is 0 Å². The van der Waals surface area contributed by atoms with Crippen LogP contribution in [0.3, 0.4) is 0 Å². The van der Waals surface area contributed by atoms with E-state index in [1.165, 1.54) is 0 Å². The van der Waals surface area contributed by atoms with Crippen molar-refractivity contribution >= 4 is 10.0 Å². The zero-order valence-corrected chi connectivity index (χ0v) is 13.1. The van der Waals surface area contributed by atoms with Crippen LogP contribution in [0.4, 0.5) is 0 Å². The summed E-state index contributed by atoms with van der Waals surface area (Å²) >= 11 is 0. The number of sulfonamides is 1. The Hall–Kier alpha value is -1.69. The van der Waals surface area contributed by atoms with Crippen LogP contribution in [0.5, 0.6) is 0 Å². The predicted octanol–water partition coefficient (Wildman–Crippen LogP) is 2.24. The molecule has 0 saturated carbocycles. The summed E-state index contributed by atoms with van der Waals surface area (Å²) in [6.45, 7) is 4.60. The fraction of sp³-hybridized carbons (Fsp3) is 0.250. The number of hydrogen-bond acceptors (Lipinski definition) is 3. The number of rotatable bonds is 5. The molecule has 4 nitrogen and oxygen atoms in total. The van der Waals surface area contributed by atoms with E-state index in [9.17, 15) is 8.42 Å². The first-order valence-electron chi connectivity index (χ1n) is 6.77. The molecule has 2 aromatic carbocycles. The Morgan fingerprint density at radius 1 is 0.952 bits per heavy atom. The van der Waals surface area contributed by atoms with Crippen molar-refractivity contribution in [2.45, 2.75) is 31.8 Å². The van der Waals surface area contributed by atoms with Gasteiger partial charge in [0, 0.05) is 13.1 Å². The van der Waals surface area contributed by atoms with Crippen LogP contribution in [0, 0.1) is 13.8 Å². The summed E-state index contributed by atoms with van der Waals surface area (Å²) in [6.07, 6.45) is 0. The van der Waals surface area contributed by atoms with Crippen LogP contribution in [-0.4, -0.2) is 8.42 Å². The van der Waals surface area contributed by atoms with Crippen molar-refractivity contribution in [2.75, 3.05) is 0 Å². The highest BCUT2D eigenvalue weighted by Crippen LogP contribution is 2.15. The Balaban J connectivity index is 2.11. The minimum atomic E-state index is -3.49. The predicted molar refractivity (Wildman–Crippen MR) is 84.3 cm³/mol. The normalized spacial score (nSPS) is 11.6. The zero-order chi connectivity index (χ0) is 15.5. The molecule has 0 aromatic heterocycles. The lowest BCUT2D eigenvalue weighted by atomic mass is 10.1. The van der Waals surface area contributed by atoms with Crippen molar-refractivity contribution in [1.29, 1.82) is 0 Å². The van der Waals surface area contributed by atoms with Gasteiger partial charge in [-0.3, -0.25) is 0 Å². The SMILES string of the molecule is Cc1ccc(S(=O)(=O)NCc2ccc(CN)cc2)cc1C. The maximum Gasteiger partial charge on any atom is 0.240 e. The number of aryl methyl sites for hydroxylation is 2. The first-order chi connectivity index (χ1) is 9.92. The minimum absolute atomic E-state index is 0.264. The van der Waals surface area contributed by atoms with Gasteiger partial charge < -0.3 is 5.73 Å². The van der Waals surface area contributed by atoms with Gasteiger partial charge in [-0.15, -0.1) is 0 Å². The number of nitrogens with two attached hydrogens (primary N) is 1. The van der Waals surface area contributed by atoms with Crippen molar-refractivity contribution < 1.29 is 8.42 Å². The molecule has 0 aliphatic heterocycles. The molecule has 2 aromatic rings. The van der Waals surface area contributed by atoms with Crippen molar-refractivity contribution in [2.24, 2.45) is 5.73 Å². The lowest BCUT2D eigenvalue weighted by Gasteiger charge is -2.09. The fourth-order valence-corrected chi connectivity index (χ4v) is 3.04. The van der Waals surface area contributed by atoms with Crippen molar-refractivity contribution in [1.82, 2.24) is 4.72 Å². The van der Waals surface area contributed by atoms with Gasteiger partial charge in [-0.05, 0) is 48.2 Å². The summed E-state index contributed by atoms with van der Waals surface area (Å²) < 4.78 is 27.1. The lowest BCUT2D eigenvalue weighted by Crippen LogP contribution is -2.23. The van der Waals surface area contributed by atoms with E-state index in [0.717, 1.165) is 22.3 Å². The highest BCUT2D eigenvalue weighted by molar-refractivity contribution is 7.89. The molecule has 0 radical (unpaired) electrons. The molecule has 0 fully saturated rings. The van der Waals surface area contributed by atoms with Crippen molar-refractivity contribution in [3.63, 3.8) is 0 Å². The maximum atomic E-state index is 12.3. The molecule has 0 atom stereocenters. The molecule has 0 bridgehead atoms. The fourth-order valence-electron chi connectivity index (χ4n) is 1.94. The van der Waals surface area contributed by atoms with Gasteiger partial charge in [0.1, 0.15) is 0 Å². The molecule has 0 amide bonds. The smallest absolute Gasteiger partial charge is 0.240 e. The number of nitrogens with one attached hydrogen (secondary N) is 1. The Morgan fingerprint density at radius 3 is 2.14 bits per heavy atom. The molecular weight excluding hydrogens is 284 g/mol. The maximum absolute atomic E-state index is 12.3. The molecule has 0 heterocycles. The van der Waals surface area contributed by atoms with Crippen LogP contribution in [0.25, 0.3) is 0 Å². The number of hydrogen-bond donors (Lipinski definition) is 2. The third kappa shape index (κ3) is 3.91. The molecule has 0 unspecified atom stereocenters. The van der Waals surface area contributed by atoms with Crippen LogP contribution >= 0.6 is 0 Å². The summed E-state index contributed by atoms with van der Waals surface area (Å²) in [6, 6.07) is 12.7. The highest BCUT2D eigenvalue weighted by Gasteiger charge is 2.14. The summed E-state index contributed by atoms with van der Waals surface area (Å²) in [5.74, 6) is 0. The van der Waals surface area contributed by atoms with Gasteiger partial charge >= 0.3 is 0 Å². The van der Waals surface area contributed by atoms with E-state index in [0.29, 0.717) is 11.4 Å². The van der Waals surface area contributed by atoms with E-state index >= 15 is 0 Å². The largest absolute Gasteiger partial charge is 0.326 e. The second kappa shape index (κ2) is 6.39. The van der Waals surface area contributed by atoms with Crippen LogP contribution in [0.15, 0.2) is 47.4 Å². The summed E-state index contributed by atoms with van der Waals surface area (Å²) in [4.78, 5) is 0.296. The molecule has 3 N–H and O–H groups in total. The van der Waals surface area contributed by atoms with E-state index < -0.39 is 10.0 Å². The Labute approximate surface area is 126 Å². The van der Waals surface area contributed by atoms with Gasteiger partial charge in [-0.2, -0.15) is 0 Å². The zero-order valence-electron chi connectivity index (χ0n) is 12.3. The standard InChI is InChI=1S/C16H20N2O2S/c1-12-3-8-16(9-13(12)2)21(19,20)18-11-15-6-4-14(10-17)5-7-15/h3-9,18H,10-11,17H2,1-2H3. The van der Waals surface area contributed by atoms with E-state index in [1.807, 2.05) is 44.2 Å². The van der Waals surface area contributed by atoms with Gasteiger partial charge in [0.25, 0.3) is 0 Å². The highest BCUT2D eigenvalue weighted by atomic mass is 32.2. The Bertz CT molecular complexity index is 722. The molecule has 2 rings (SSSR count). The molecule has 0 saturated heterocycles. The van der Waals surface area contributed by atoms with Crippen molar-refractivity contribution in [3.05, 3.63) is 64.7 Å². The monoisotopic (exact) mass is 304 g/mol. The van der Waals surface area contributed by atoms with Gasteiger partial charge in [0.2, 0.25) is 10.0 Å². The molecular formula is C16H20N2O2S. The number of benzene rings is 2. The average molecular weight is 304 g/mol. The van der Waals surface area contributed by atoms with Gasteiger partial charge in [-0.1, -0.05) is 30.3 Å². The Kier molecular flexibility index (Phi) is 4.77. The van der Waals surface area contributed by atoms with E-state index in [4.69, 9.17) is 5.73 Å². The molecule has 0 aliphatic rings. The van der Waals surface area contributed by atoms with E-state index in [2.05, 4.69) is 4.72 Å².